The van der Waals surface area contributed by atoms with Gasteiger partial charge in [-0.05, 0) is 0 Å². The fraction of sp³-hybridized carbons (Fsp3) is 0.529. The molecule has 0 spiro atoms. The van der Waals surface area contributed by atoms with Crippen LogP contribution >= 0.6 is 0 Å². The Labute approximate surface area is 143 Å². The number of carbonyl (C=O) groups excluding carboxylic acids is 2. The number of hydrogen-bond donors (Lipinski definition) is 1. The van der Waals surface area contributed by atoms with Crippen LogP contribution in [0.15, 0.2) is 30.3 Å². The van der Waals surface area contributed by atoms with Crippen LogP contribution in [0.25, 0.3) is 0 Å². The van der Waals surface area contributed by atoms with Gasteiger partial charge in [-0.2, -0.15) is 0 Å². The van der Waals surface area contributed by atoms with E-state index in [2.05, 4.69) is 0 Å². The summed E-state index contributed by atoms with van der Waals surface area (Å²) in [6, 6.07) is 9.74. The van der Waals surface area contributed by atoms with E-state index in [0.717, 1.165) is 4.46 Å². The van der Waals surface area contributed by atoms with Crippen LogP contribution in [0.3, 0.4) is 0 Å². The third-order valence-corrected chi connectivity index (χ3v) is 6.97. The van der Waals surface area contributed by atoms with Crippen LogP contribution in [-0.2, 0) is 19.1 Å². The Morgan fingerprint density at radius 2 is 1.57 bits per heavy atom. The van der Waals surface area contributed by atoms with Gasteiger partial charge in [0.15, 0.2) is 0 Å². The summed E-state index contributed by atoms with van der Waals surface area (Å²) in [5.41, 5.74) is -2.48. The van der Waals surface area contributed by atoms with Gasteiger partial charge in [0, 0.05) is 0 Å². The van der Waals surface area contributed by atoms with E-state index in [0.29, 0.717) is 0 Å². The molecule has 0 fully saturated rings. The van der Waals surface area contributed by atoms with Gasteiger partial charge in [0.25, 0.3) is 0 Å². The molecule has 0 aliphatic rings. The summed E-state index contributed by atoms with van der Waals surface area (Å²) in [4.78, 5) is 24.0. The van der Waals surface area contributed by atoms with Crippen molar-refractivity contribution < 1.29 is 24.2 Å². The molecular formula is C17H24O5Se. The molecule has 0 aliphatic heterocycles. The van der Waals surface area contributed by atoms with E-state index in [1.54, 1.807) is 13.8 Å². The van der Waals surface area contributed by atoms with Crippen molar-refractivity contribution >= 4 is 31.4 Å². The zero-order valence-corrected chi connectivity index (χ0v) is 15.9. The summed E-state index contributed by atoms with van der Waals surface area (Å²) in [6.45, 7) is 4.89. The normalized spacial score (nSPS) is 13.3. The molecule has 0 amide bonds. The first-order valence-corrected chi connectivity index (χ1v) is 9.10. The molecule has 1 aromatic carbocycles. The van der Waals surface area contributed by atoms with Crippen molar-refractivity contribution in [3.05, 3.63) is 30.3 Å². The Hall–Kier alpha value is -1.36. The molecule has 0 bridgehead atoms. The zero-order chi connectivity index (χ0) is 17.7. The summed E-state index contributed by atoms with van der Waals surface area (Å²) in [7, 11) is 2.48. The van der Waals surface area contributed by atoms with Gasteiger partial charge in [0.2, 0.25) is 0 Å². The predicted octanol–water partition coefficient (Wildman–Crippen LogP) is 1.32. The van der Waals surface area contributed by atoms with E-state index >= 15 is 0 Å². The number of methoxy groups -OCH3 is 2. The van der Waals surface area contributed by atoms with Gasteiger partial charge in [-0.1, -0.05) is 0 Å². The third kappa shape index (κ3) is 5.06. The van der Waals surface area contributed by atoms with Crippen LogP contribution in [0.1, 0.15) is 27.2 Å². The van der Waals surface area contributed by atoms with Crippen LogP contribution < -0.4 is 4.46 Å². The maximum atomic E-state index is 12.2. The van der Waals surface area contributed by atoms with Crippen molar-refractivity contribution in [1.82, 2.24) is 0 Å². The van der Waals surface area contributed by atoms with Crippen LogP contribution in [0, 0.1) is 5.41 Å². The standard InChI is InChI=1S/C17H24O5Se/c1-16(2,20)13(23-12-9-7-6-8-10-12)11-17(3,14(18)21-4)15(19)22-5/h6-10,13,20H,11H2,1-5H3. The molecule has 0 saturated heterocycles. The first-order chi connectivity index (χ1) is 10.6. The van der Waals surface area contributed by atoms with Crippen LogP contribution in [0.4, 0.5) is 0 Å². The van der Waals surface area contributed by atoms with E-state index in [1.165, 1.54) is 21.1 Å². The predicted molar refractivity (Wildman–Crippen MR) is 88.6 cm³/mol. The minimum atomic E-state index is -1.44. The molecule has 0 aromatic heterocycles. The quantitative estimate of drug-likeness (QED) is 0.434. The molecule has 5 nitrogen and oxygen atoms in total. The summed E-state index contributed by atoms with van der Waals surface area (Å²) >= 11 is -0.122. The number of ether oxygens (including phenoxy) is 2. The first kappa shape index (κ1) is 19.7. The summed E-state index contributed by atoms with van der Waals surface area (Å²) in [6.07, 6.45) is 0.157. The van der Waals surface area contributed by atoms with Crippen molar-refractivity contribution in [3.63, 3.8) is 0 Å². The Morgan fingerprint density at radius 1 is 1.09 bits per heavy atom. The van der Waals surface area contributed by atoms with Crippen LogP contribution in [0.5, 0.6) is 0 Å². The molecule has 1 rings (SSSR count). The number of benzene rings is 1. The number of carbonyl (C=O) groups is 2. The van der Waals surface area contributed by atoms with Crippen molar-refractivity contribution in [2.24, 2.45) is 5.41 Å². The topological polar surface area (TPSA) is 72.8 Å². The maximum absolute atomic E-state index is 12.2. The number of rotatable bonds is 7. The SMILES string of the molecule is COC(=O)C(C)(CC([Se]c1ccccc1)C(C)(C)O)C(=O)OC. The van der Waals surface area contributed by atoms with Crippen LogP contribution in [-0.4, -0.2) is 51.8 Å². The number of hydrogen-bond acceptors (Lipinski definition) is 5. The Balaban J connectivity index is 3.11. The van der Waals surface area contributed by atoms with E-state index < -0.39 is 23.0 Å². The van der Waals surface area contributed by atoms with Gasteiger partial charge in [-0.15, -0.1) is 0 Å². The van der Waals surface area contributed by atoms with E-state index in [4.69, 9.17) is 9.47 Å². The monoisotopic (exact) mass is 388 g/mol. The Kier molecular flexibility index (Phi) is 6.81. The second-order valence-corrected chi connectivity index (χ2v) is 8.77. The fourth-order valence-corrected chi connectivity index (χ4v) is 5.00. The van der Waals surface area contributed by atoms with Crippen molar-refractivity contribution in [2.45, 2.75) is 37.6 Å². The summed E-state index contributed by atoms with van der Waals surface area (Å²) in [5.74, 6) is -1.30. The number of esters is 2. The molecule has 0 heterocycles. The van der Waals surface area contributed by atoms with E-state index in [9.17, 15) is 14.7 Å². The molecule has 128 valence electrons. The average molecular weight is 387 g/mol. The van der Waals surface area contributed by atoms with Gasteiger partial charge in [-0.3, -0.25) is 0 Å². The molecule has 0 saturated carbocycles. The number of aliphatic hydroxyl groups is 1. The summed E-state index contributed by atoms with van der Waals surface area (Å²) < 4.78 is 10.7. The summed E-state index contributed by atoms with van der Waals surface area (Å²) in [5, 5.41) is 10.5. The molecule has 6 heteroatoms. The Morgan fingerprint density at radius 3 is 1.96 bits per heavy atom. The van der Waals surface area contributed by atoms with Gasteiger partial charge >= 0.3 is 143 Å². The second-order valence-electron chi connectivity index (χ2n) is 6.09. The van der Waals surface area contributed by atoms with Crippen molar-refractivity contribution in [1.29, 1.82) is 0 Å². The first-order valence-electron chi connectivity index (χ1n) is 7.26. The Bertz CT molecular complexity index is 520. The van der Waals surface area contributed by atoms with E-state index in [1.807, 2.05) is 30.3 Å². The zero-order valence-electron chi connectivity index (χ0n) is 14.2. The van der Waals surface area contributed by atoms with Gasteiger partial charge in [0.1, 0.15) is 0 Å². The fourth-order valence-electron chi connectivity index (χ4n) is 2.17. The van der Waals surface area contributed by atoms with Gasteiger partial charge < -0.3 is 0 Å². The van der Waals surface area contributed by atoms with Crippen molar-refractivity contribution in [2.75, 3.05) is 14.2 Å². The molecule has 1 atom stereocenters. The van der Waals surface area contributed by atoms with Gasteiger partial charge in [0.05, 0.1) is 0 Å². The molecule has 0 aliphatic carbocycles. The van der Waals surface area contributed by atoms with E-state index in [-0.39, 0.29) is 26.2 Å². The van der Waals surface area contributed by atoms with Gasteiger partial charge in [-0.25, -0.2) is 0 Å². The van der Waals surface area contributed by atoms with Crippen LogP contribution in [0.2, 0.25) is 4.82 Å². The molecule has 23 heavy (non-hydrogen) atoms. The van der Waals surface area contributed by atoms with Crippen molar-refractivity contribution in [3.8, 4) is 0 Å². The molecule has 1 unspecified atom stereocenters. The molecule has 1 N–H and O–H groups in total. The second kappa shape index (κ2) is 7.95. The molecule has 1 aromatic rings. The molecular weight excluding hydrogens is 363 g/mol. The third-order valence-electron chi connectivity index (χ3n) is 3.67. The molecule has 0 radical (unpaired) electrons. The minimum absolute atomic E-state index is 0.122. The average Bonchev–Trinajstić information content (AvgIpc) is 2.52.